The number of hydrogen-bond acceptors (Lipinski definition) is 1. The van der Waals surface area contributed by atoms with Crippen LogP contribution in [0.1, 0.15) is 37.7 Å². The Kier molecular flexibility index (Phi) is 3.17. The van der Waals surface area contributed by atoms with Crippen LogP contribution < -0.4 is 10.6 Å². The standard InChI is InChI=1S/C15H19FN2O/c1-10(19)18-6-4-11(5-7-18)14-9-17-15-8-12(16)2-3-13(14)15/h3,8-9,11-12,17H,2,4-7H2,1H3. The number of aromatic nitrogens is 1. The van der Waals surface area contributed by atoms with Crippen molar-refractivity contribution in [2.45, 2.75) is 38.3 Å². The van der Waals surface area contributed by atoms with Crippen molar-refractivity contribution >= 4 is 18.1 Å². The quantitative estimate of drug-likeness (QED) is 0.806. The molecule has 1 unspecified atom stereocenters. The predicted octanol–water partition coefficient (Wildman–Crippen LogP) is 1.04. The van der Waals surface area contributed by atoms with Crippen LogP contribution in [0.3, 0.4) is 0 Å². The highest BCUT2D eigenvalue weighted by Gasteiger charge is 2.23. The molecular formula is C15H19FN2O. The maximum atomic E-state index is 13.3. The van der Waals surface area contributed by atoms with Crippen LogP contribution in [0, 0.1) is 0 Å². The minimum atomic E-state index is -0.862. The van der Waals surface area contributed by atoms with Crippen LogP contribution in [-0.2, 0) is 4.79 Å². The van der Waals surface area contributed by atoms with Gasteiger partial charge >= 0.3 is 0 Å². The highest BCUT2D eigenvalue weighted by atomic mass is 19.1. The van der Waals surface area contributed by atoms with Crippen LogP contribution in [0.5, 0.6) is 0 Å². The number of nitrogens with zero attached hydrogens (tertiary/aromatic N) is 1. The lowest BCUT2D eigenvalue weighted by atomic mass is 9.89. The Hall–Kier alpha value is -1.58. The van der Waals surface area contributed by atoms with Gasteiger partial charge in [0, 0.05) is 38.0 Å². The molecule has 19 heavy (non-hydrogen) atoms. The minimum Gasteiger partial charge on any atom is -0.361 e. The first kappa shape index (κ1) is 12.5. The molecule has 2 aliphatic rings. The number of hydrogen-bond donors (Lipinski definition) is 1. The second-order valence-corrected chi connectivity index (χ2v) is 5.47. The Morgan fingerprint density at radius 3 is 2.84 bits per heavy atom. The SMILES string of the molecule is CC(=O)N1CCC(c2c[nH]c3c2=CCC(F)C=3)CC1. The number of fused-ring (bicyclic) bond motifs is 1. The number of carbonyl (C=O) groups is 1. The zero-order chi connectivity index (χ0) is 13.4. The highest BCUT2D eigenvalue weighted by Crippen LogP contribution is 2.25. The van der Waals surface area contributed by atoms with E-state index in [1.807, 2.05) is 17.2 Å². The van der Waals surface area contributed by atoms with Gasteiger partial charge in [-0.2, -0.15) is 0 Å². The van der Waals surface area contributed by atoms with Gasteiger partial charge in [-0.3, -0.25) is 4.79 Å². The fourth-order valence-corrected chi connectivity index (χ4v) is 3.15. The molecule has 0 spiro atoms. The van der Waals surface area contributed by atoms with Crippen LogP contribution in [0.4, 0.5) is 4.39 Å². The second-order valence-electron chi connectivity index (χ2n) is 5.47. The molecule has 1 aliphatic heterocycles. The number of rotatable bonds is 1. The summed E-state index contributed by atoms with van der Waals surface area (Å²) >= 11 is 0. The summed E-state index contributed by atoms with van der Waals surface area (Å²) < 4.78 is 13.3. The first-order chi connectivity index (χ1) is 9.15. The van der Waals surface area contributed by atoms with E-state index >= 15 is 0 Å². The van der Waals surface area contributed by atoms with Crippen molar-refractivity contribution in [3.63, 3.8) is 0 Å². The van der Waals surface area contributed by atoms with Gasteiger partial charge in [0.2, 0.25) is 5.91 Å². The average molecular weight is 262 g/mol. The first-order valence-electron chi connectivity index (χ1n) is 6.94. The number of H-pyrrole nitrogens is 1. The maximum absolute atomic E-state index is 13.3. The molecule has 0 radical (unpaired) electrons. The number of piperidine rings is 1. The number of aromatic amines is 1. The molecule has 1 saturated heterocycles. The Morgan fingerprint density at radius 2 is 2.16 bits per heavy atom. The highest BCUT2D eigenvalue weighted by molar-refractivity contribution is 5.73. The fourth-order valence-electron chi connectivity index (χ4n) is 3.15. The largest absolute Gasteiger partial charge is 0.361 e. The average Bonchev–Trinajstić information content (AvgIpc) is 2.81. The lowest BCUT2D eigenvalue weighted by Crippen LogP contribution is -2.38. The maximum Gasteiger partial charge on any atom is 0.219 e. The molecule has 1 atom stereocenters. The molecule has 1 N–H and O–H groups in total. The Morgan fingerprint density at radius 1 is 1.42 bits per heavy atom. The normalized spacial score (nSPS) is 23.5. The van der Waals surface area contributed by atoms with E-state index in [2.05, 4.69) is 4.98 Å². The van der Waals surface area contributed by atoms with E-state index in [9.17, 15) is 9.18 Å². The van der Waals surface area contributed by atoms with E-state index in [0.29, 0.717) is 12.3 Å². The van der Waals surface area contributed by atoms with Gasteiger partial charge in [-0.15, -0.1) is 0 Å². The zero-order valence-corrected chi connectivity index (χ0v) is 11.2. The molecule has 102 valence electrons. The molecule has 1 amide bonds. The van der Waals surface area contributed by atoms with Crippen LogP contribution in [0.15, 0.2) is 6.20 Å². The smallest absolute Gasteiger partial charge is 0.219 e. The third-order valence-electron chi connectivity index (χ3n) is 4.26. The van der Waals surface area contributed by atoms with Crippen LogP contribution >= 0.6 is 0 Å². The van der Waals surface area contributed by atoms with E-state index in [4.69, 9.17) is 0 Å². The fraction of sp³-hybridized carbons (Fsp3) is 0.533. The molecule has 2 heterocycles. The summed E-state index contributed by atoms with van der Waals surface area (Å²) in [4.78, 5) is 16.4. The van der Waals surface area contributed by atoms with E-state index in [1.54, 1.807) is 13.0 Å². The van der Waals surface area contributed by atoms with Crippen LogP contribution in [0.2, 0.25) is 0 Å². The van der Waals surface area contributed by atoms with Crippen molar-refractivity contribution in [2.24, 2.45) is 0 Å². The Labute approximate surface area is 111 Å². The van der Waals surface area contributed by atoms with Crippen molar-refractivity contribution in [3.05, 3.63) is 22.3 Å². The summed E-state index contributed by atoms with van der Waals surface area (Å²) in [6.45, 7) is 3.29. The van der Waals surface area contributed by atoms with E-state index < -0.39 is 6.17 Å². The molecule has 3 nitrogen and oxygen atoms in total. The molecular weight excluding hydrogens is 243 g/mol. The topological polar surface area (TPSA) is 36.1 Å². The van der Waals surface area contributed by atoms with Crippen molar-refractivity contribution in [3.8, 4) is 0 Å². The molecule has 0 saturated carbocycles. The number of alkyl halides is 1. The van der Waals surface area contributed by atoms with Gasteiger partial charge in [-0.1, -0.05) is 6.08 Å². The summed E-state index contributed by atoms with van der Waals surface area (Å²) in [5.74, 6) is 0.645. The van der Waals surface area contributed by atoms with E-state index in [0.717, 1.165) is 31.3 Å². The van der Waals surface area contributed by atoms with Crippen LogP contribution in [-0.4, -0.2) is 35.1 Å². The van der Waals surface area contributed by atoms with E-state index in [1.165, 1.54) is 10.8 Å². The van der Waals surface area contributed by atoms with Gasteiger partial charge in [-0.25, -0.2) is 4.39 Å². The summed E-state index contributed by atoms with van der Waals surface area (Å²) in [6, 6.07) is 0. The van der Waals surface area contributed by atoms with Crippen LogP contribution in [0.25, 0.3) is 12.2 Å². The van der Waals surface area contributed by atoms with Gasteiger partial charge in [0.05, 0.1) is 0 Å². The number of likely N-dealkylation sites (tertiary alicyclic amines) is 1. The monoisotopic (exact) mass is 262 g/mol. The first-order valence-corrected chi connectivity index (χ1v) is 6.94. The molecule has 4 heteroatoms. The Balaban J connectivity index is 1.83. The van der Waals surface area contributed by atoms with Crippen molar-refractivity contribution in [1.82, 2.24) is 9.88 Å². The molecule has 1 fully saturated rings. The van der Waals surface area contributed by atoms with Gasteiger partial charge < -0.3 is 9.88 Å². The number of nitrogens with one attached hydrogen (secondary N) is 1. The van der Waals surface area contributed by atoms with Crippen molar-refractivity contribution in [1.29, 1.82) is 0 Å². The number of carbonyl (C=O) groups excluding carboxylic acids is 1. The van der Waals surface area contributed by atoms with Crippen molar-refractivity contribution < 1.29 is 9.18 Å². The third-order valence-corrected chi connectivity index (χ3v) is 4.26. The van der Waals surface area contributed by atoms with E-state index in [-0.39, 0.29) is 5.91 Å². The lowest BCUT2D eigenvalue weighted by molar-refractivity contribution is -0.129. The number of amides is 1. The third kappa shape index (κ3) is 2.31. The summed E-state index contributed by atoms with van der Waals surface area (Å²) in [6.07, 6.45) is 7.30. The Bertz CT molecular complexity index is 596. The molecule has 0 bridgehead atoms. The van der Waals surface area contributed by atoms with Crippen molar-refractivity contribution in [2.75, 3.05) is 13.1 Å². The summed E-state index contributed by atoms with van der Waals surface area (Å²) in [5, 5.41) is 2.10. The minimum absolute atomic E-state index is 0.162. The second kappa shape index (κ2) is 4.83. The molecule has 3 rings (SSSR count). The predicted molar refractivity (Wildman–Crippen MR) is 72.7 cm³/mol. The zero-order valence-electron chi connectivity index (χ0n) is 11.2. The van der Waals surface area contributed by atoms with Gasteiger partial charge in [-0.05, 0) is 35.6 Å². The number of halogens is 1. The molecule has 1 aromatic rings. The van der Waals surface area contributed by atoms with Gasteiger partial charge in [0.15, 0.2) is 0 Å². The summed E-state index contributed by atoms with van der Waals surface area (Å²) in [7, 11) is 0. The molecule has 1 aromatic heterocycles. The molecule has 0 aromatic carbocycles. The van der Waals surface area contributed by atoms with Gasteiger partial charge in [0.25, 0.3) is 0 Å². The summed E-state index contributed by atoms with van der Waals surface area (Å²) in [5.41, 5.74) is 1.29. The lowest BCUT2D eigenvalue weighted by Gasteiger charge is -2.31. The molecule has 1 aliphatic carbocycles. The van der Waals surface area contributed by atoms with Gasteiger partial charge in [0.1, 0.15) is 6.17 Å².